The van der Waals surface area contributed by atoms with Gasteiger partial charge in [0.15, 0.2) is 6.61 Å². The van der Waals surface area contributed by atoms with Crippen LogP contribution in [0.5, 0.6) is 5.75 Å². The molecule has 1 aromatic carbocycles. The molecule has 0 aliphatic carbocycles. The van der Waals surface area contributed by atoms with E-state index in [-0.39, 0.29) is 19.3 Å². The predicted molar refractivity (Wildman–Crippen MR) is 63.8 cm³/mol. The Balaban J connectivity index is 2.31. The van der Waals surface area contributed by atoms with Gasteiger partial charge in [0.25, 0.3) is 0 Å². The van der Waals surface area contributed by atoms with Crippen LogP contribution in [0.2, 0.25) is 0 Å². The lowest BCUT2D eigenvalue weighted by molar-refractivity contribution is -0.149. The van der Waals surface area contributed by atoms with Gasteiger partial charge in [-0.2, -0.15) is 0 Å². The van der Waals surface area contributed by atoms with Crippen molar-refractivity contribution in [2.45, 2.75) is 13.0 Å². The van der Waals surface area contributed by atoms with Crippen molar-refractivity contribution >= 4 is 11.7 Å². The highest BCUT2D eigenvalue weighted by atomic mass is 16.6. The summed E-state index contributed by atoms with van der Waals surface area (Å²) in [6, 6.07) is 6.97. The van der Waals surface area contributed by atoms with Crippen molar-refractivity contribution in [3.63, 3.8) is 0 Å². The van der Waals surface area contributed by atoms with E-state index in [4.69, 9.17) is 19.9 Å². The summed E-state index contributed by atoms with van der Waals surface area (Å²) in [4.78, 5) is 11.3. The molecule has 2 N–H and O–H groups in total. The van der Waals surface area contributed by atoms with Crippen LogP contribution in [0.3, 0.4) is 0 Å². The molecule has 0 radical (unpaired) electrons. The van der Waals surface area contributed by atoms with Crippen molar-refractivity contribution < 1.29 is 19.0 Å². The van der Waals surface area contributed by atoms with E-state index < -0.39 is 5.97 Å². The number of esters is 1. The van der Waals surface area contributed by atoms with Gasteiger partial charge in [0, 0.05) is 7.11 Å². The largest absolute Gasteiger partial charge is 0.480 e. The number of anilines is 1. The molecule has 1 unspecified atom stereocenters. The highest BCUT2D eigenvalue weighted by Gasteiger charge is 2.08. The fourth-order valence-electron chi connectivity index (χ4n) is 1.07. The van der Waals surface area contributed by atoms with Crippen LogP contribution in [0.4, 0.5) is 5.69 Å². The van der Waals surface area contributed by atoms with Crippen molar-refractivity contribution in [3.05, 3.63) is 24.3 Å². The second-order valence-electron chi connectivity index (χ2n) is 3.56. The smallest absolute Gasteiger partial charge is 0.344 e. The first kappa shape index (κ1) is 13.3. The van der Waals surface area contributed by atoms with Crippen molar-refractivity contribution in [1.82, 2.24) is 0 Å². The maximum Gasteiger partial charge on any atom is 0.344 e. The lowest BCUT2D eigenvalue weighted by atomic mass is 10.3. The maximum atomic E-state index is 11.3. The second-order valence-corrected chi connectivity index (χ2v) is 3.56. The summed E-state index contributed by atoms with van der Waals surface area (Å²) in [7, 11) is 1.56. The molecule has 17 heavy (non-hydrogen) atoms. The molecule has 0 saturated heterocycles. The summed E-state index contributed by atoms with van der Waals surface area (Å²) in [6.45, 7) is 1.86. The van der Waals surface area contributed by atoms with Gasteiger partial charge < -0.3 is 19.9 Å². The van der Waals surface area contributed by atoms with Crippen LogP contribution in [0.1, 0.15) is 6.92 Å². The number of rotatable bonds is 6. The normalized spacial score (nSPS) is 11.9. The van der Waals surface area contributed by atoms with Crippen LogP contribution in [-0.2, 0) is 14.3 Å². The highest BCUT2D eigenvalue weighted by molar-refractivity contribution is 5.71. The SMILES string of the molecule is COC(C)COC(=O)COc1ccccc1N. The van der Waals surface area contributed by atoms with Gasteiger partial charge in [-0.15, -0.1) is 0 Å². The van der Waals surface area contributed by atoms with Crippen LogP contribution in [-0.4, -0.2) is 32.4 Å². The monoisotopic (exact) mass is 239 g/mol. The summed E-state index contributed by atoms with van der Waals surface area (Å²) in [5.74, 6) is 0.0291. The van der Waals surface area contributed by atoms with E-state index in [1.54, 1.807) is 31.4 Å². The number of nitrogen functional groups attached to an aromatic ring is 1. The molecule has 94 valence electrons. The number of ether oxygens (including phenoxy) is 3. The van der Waals surface area contributed by atoms with Crippen LogP contribution in [0.25, 0.3) is 0 Å². The van der Waals surface area contributed by atoms with Crippen LogP contribution in [0.15, 0.2) is 24.3 Å². The summed E-state index contributed by atoms with van der Waals surface area (Å²) in [6.07, 6.45) is -0.124. The van der Waals surface area contributed by atoms with Gasteiger partial charge in [0.2, 0.25) is 0 Å². The van der Waals surface area contributed by atoms with Crippen molar-refractivity contribution in [1.29, 1.82) is 0 Å². The van der Waals surface area contributed by atoms with Gasteiger partial charge in [-0.3, -0.25) is 0 Å². The second kappa shape index (κ2) is 6.75. The first-order chi connectivity index (χ1) is 8.13. The molecule has 1 aromatic rings. The molecule has 0 aliphatic rings. The lowest BCUT2D eigenvalue weighted by Gasteiger charge is -2.11. The predicted octanol–water partition coefficient (Wildman–Crippen LogP) is 1.23. The first-order valence-corrected chi connectivity index (χ1v) is 5.29. The number of carbonyl (C=O) groups is 1. The number of hydrogen-bond acceptors (Lipinski definition) is 5. The van der Waals surface area contributed by atoms with Gasteiger partial charge in [-0.05, 0) is 19.1 Å². The first-order valence-electron chi connectivity index (χ1n) is 5.29. The molecule has 1 rings (SSSR count). The Labute approximate surface area is 100 Å². The number of methoxy groups -OCH3 is 1. The van der Waals surface area contributed by atoms with E-state index in [0.717, 1.165) is 0 Å². The number of nitrogens with two attached hydrogens (primary N) is 1. The topological polar surface area (TPSA) is 70.8 Å². The molecule has 0 aliphatic heterocycles. The summed E-state index contributed by atoms with van der Waals surface area (Å²) in [5, 5.41) is 0. The fourth-order valence-corrected chi connectivity index (χ4v) is 1.07. The lowest BCUT2D eigenvalue weighted by Crippen LogP contribution is -2.21. The Morgan fingerprint density at radius 1 is 1.41 bits per heavy atom. The maximum absolute atomic E-state index is 11.3. The molecule has 1 atom stereocenters. The zero-order valence-electron chi connectivity index (χ0n) is 10.0. The van der Waals surface area contributed by atoms with E-state index in [1.807, 2.05) is 6.92 Å². The third kappa shape index (κ3) is 4.74. The van der Waals surface area contributed by atoms with E-state index in [1.165, 1.54) is 0 Å². The Bertz CT molecular complexity index is 367. The van der Waals surface area contributed by atoms with Crippen molar-refractivity contribution in [2.75, 3.05) is 26.1 Å². The third-order valence-electron chi connectivity index (χ3n) is 2.15. The number of benzene rings is 1. The summed E-state index contributed by atoms with van der Waals surface area (Å²) >= 11 is 0. The summed E-state index contributed by atoms with van der Waals surface area (Å²) in [5.41, 5.74) is 6.14. The fraction of sp³-hybridized carbons (Fsp3) is 0.417. The average molecular weight is 239 g/mol. The molecule has 0 heterocycles. The van der Waals surface area contributed by atoms with Crippen LogP contribution < -0.4 is 10.5 Å². The average Bonchev–Trinajstić information content (AvgIpc) is 2.35. The standard InChI is InChI=1S/C12H17NO4/c1-9(15-2)7-17-12(14)8-16-11-6-4-3-5-10(11)13/h3-6,9H,7-8,13H2,1-2H3. The molecule has 0 bridgehead atoms. The van der Waals surface area contributed by atoms with Gasteiger partial charge in [-0.1, -0.05) is 12.1 Å². The zero-order valence-corrected chi connectivity index (χ0v) is 10.0. The Kier molecular flexibility index (Phi) is 5.29. The van der Waals surface area contributed by atoms with Gasteiger partial charge in [0.05, 0.1) is 11.8 Å². The number of hydrogen-bond donors (Lipinski definition) is 1. The van der Waals surface area contributed by atoms with Gasteiger partial charge in [0.1, 0.15) is 12.4 Å². The Morgan fingerprint density at radius 2 is 2.12 bits per heavy atom. The number of carbonyl (C=O) groups excluding carboxylic acids is 1. The minimum atomic E-state index is -0.447. The minimum absolute atomic E-state index is 0.124. The van der Waals surface area contributed by atoms with E-state index in [2.05, 4.69) is 0 Å². The molecule has 5 heteroatoms. The van der Waals surface area contributed by atoms with Crippen molar-refractivity contribution in [3.8, 4) is 5.75 Å². The van der Waals surface area contributed by atoms with Crippen molar-refractivity contribution in [2.24, 2.45) is 0 Å². The molecule has 0 spiro atoms. The van der Waals surface area contributed by atoms with Crippen LogP contribution in [0, 0.1) is 0 Å². The van der Waals surface area contributed by atoms with Crippen LogP contribution >= 0.6 is 0 Å². The van der Waals surface area contributed by atoms with E-state index in [0.29, 0.717) is 11.4 Å². The van der Waals surface area contributed by atoms with E-state index in [9.17, 15) is 4.79 Å². The molecule has 0 amide bonds. The van der Waals surface area contributed by atoms with Gasteiger partial charge in [-0.25, -0.2) is 4.79 Å². The molecule has 0 fully saturated rings. The van der Waals surface area contributed by atoms with E-state index >= 15 is 0 Å². The highest BCUT2D eigenvalue weighted by Crippen LogP contribution is 2.19. The van der Waals surface area contributed by atoms with Gasteiger partial charge >= 0.3 is 5.97 Å². The zero-order chi connectivity index (χ0) is 12.7. The minimum Gasteiger partial charge on any atom is -0.480 e. The Hall–Kier alpha value is -1.75. The quantitative estimate of drug-likeness (QED) is 0.597. The molecular weight excluding hydrogens is 222 g/mol. The molecule has 0 aromatic heterocycles. The summed E-state index contributed by atoms with van der Waals surface area (Å²) < 4.78 is 15.1. The Morgan fingerprint density at radius 3 is 2.76 bits per heavy atom. The third-order valence-corrected chi connectivity index (χ3v) is 2.15. The number of para-hydroxylation sites is 2. The molecule has 0 saturated carbocycles. The molecule has 5 nitrogen and oxygen atoms in total. The molecular formula is C12H17NO4.